The van der Waals surface area contributed by atoms with E-state index in [-0.39, 0.29) is 5.56 Å². The number of alkyl halides is 3. The topological polar surface area (TPSA) is 29.5 Å². The summed E-state index contributed by atoms with van der Waals surface area (Å²) in [5, 5.41) is 9.43. The standard InChI is InChI=1S/C16H21F3O2/c1-5-6-14(15(2,3)21-4)13-8-7-12(16(17,18)19)9-11(13)10-20/h6-9,20H,5,10H2,1-4H3/b14-6-. The second-order valence-corrected chi connectivity index (χ2v) is 5.27. The Morgan fingerprint density at radius 1 is 1.29 bits per heavy atom. The number of ether oxygens (including phenoxy) is 1. The third-order valence-electron chi connectivity index (χ3n) is 3.46. The van der Waals surface area contributed by atoms with Gasteiger partial charge in [-0.05, 0) is 49.1 Å². The lowest BCUT2D eigenvalue weighted by molar-refractivity contribution is -0.137. The summed E-state index contributed by atoms with van der Waals surface area (Å²) in [5.41, 5.74) is 0.181. The lowest BCUT2D eigenvalue weighted by Gasteiger charge is -2.28. The molecule has 0 aliphatic rings. The first kappa shape index (κ1) is 17.7. The molecule has 0 aromatic heterocycles. The molecule has 0 saturated carbocycles. The number of hydrogen-bond acceptors (Lipinski definition) is 2. The minimum Gasteiger partial charge on any atom is -0.392 e. The van der Waals surface area contributed by atoms with Gasteiger partial charge in [0.2, 0.25) is 0 Å². The van der Waals surface area contributed by atoms with E-state index >= 15 is 0 Å². The van der Waals surface area contributed by atoms with Gasteiger partial charge in [-0.25, -0.2) is 0 Å². The first-order valence-electron chi connectivity index (χ1n) is 6.74. The molecule has 0 bridgehead atoms. The van der Waals surface area contributed by atoms with Crippen LogP contribution >= 0.6 is 0 Å². The summed E-state index contributed by atoms with van der Waals surface area (Å²) in [6.07, 6.45) is -1.80. The lowest BCUT2D eigenvalue weighted by Crippen LogP contribution is -2.25. The number of benzene rings is 1. The van der Waals surface area contributed by atoms with Gasteiger partial charge in [-0.15, -0.1) is 0 Å². The van der Waals surface area contributed by atoms with Gasteiger partial charge in [0.25, 0.3) is 0 Å². The first-order chi connectivity index (χ1) is 9.67. The summed E-state index contributed by atoms with van der Waals surface area (Å²) in [5.74, 6) is 0. The Morgan fingerprint density at radius 2 is 1.90 bits per heavy atom. The molecule has 0 aliphatic carbocycles. The van der Waals surface area contributed by atoms with Crippen LogP contribution in [0.25, 0.3) is 5.57 Å². The highest BCUT2D eigenvalue weighted by Crippen LogP contribution is 2.36. The molecule has 0 aliphatic heterocycles. The number of methoxy groups -OCH3 is 1. The quantitative estimate of drug-likeness (QED) is 0.872. The van der Waals surface area contributed by atoms with Crippen molar-refractivity contribution in [3.8, 4) is 0 Å². The molecule has 0 saturated heterocycles. The zero-order valence-electron chi connectivity index (χ0n) is 12.7. The van der Waals surface area contributed by atoms with Crippen LogP contribution in [0, 0.1) is 0 Å². The molecule has 1 rings (SSSR count). The van der Waals surface area contributed by atoms with E-state index in [1.54, 1.807) is 7.11 Å². The third kappa shape index (κ3) is 4.08. The Kier molecular flexibility index (Phi) is 5.59. The second kappa shape index (κ2) is 6.62. The summed E-state index contributed by atoms with van der Waals surface area (Å²) in [4.78, 5) is 0. The van der Waals surface area contributed by atoms with Gasteiger partial charge in [-0.2, -0.15) is 13.2 Å². The Morgan fingerprint density at radius 3 is 2.33 bits per heavy atom. The Balaban J connectivity index is 3.44. The van der Waals surface area contributed by atoms with Crippen molar-refractivity contribution < 1.29 is 23.0 Å². The van der Waals surface area contributed by atoms with E-state index in [9.17, 15) is 18.3 Å². The molecule has 0 unspecified atom stereocenters. The van der Waals surface area contributed by atoms with Crippen LogP contribution in [-0.4, -0.2) is 17.8 Å². The number of rotatable bonds is 5. The Labute approximate surface area is 123 Å². The summed E-state index contributed by atoms with van der Waals surface area (Å²) in [6.45, 7) is 5.16. The van der Waals surface area contributed by atoms with Crippen LogP contribution in [-0.2, 0) is 17.5 Å². The molecule has 2 nitrogen and oxygen atoms in total. The third-order valence-corrected chi connectivity index (χ3v) is 3.46. The number of aliphatic hydroxyl groups is 1. The van der Waals surface area contributed by atoms with Gasteiger partial charge in [0, 0.05) is 7.11 Å². The number of hydrogen-bond donors (Lipinski definition) is 1. The van der Waals surface area contributed by atoms with E-state index in [0.29, 0.717) is 12.0 Å². The van der Waals surface area contributed by atoms with Crippen LogP contribution in [0.1, 0.15) is 43.9 Å². The van der Waals surface area contributed by atoms with Gasteiger partial charge in [-0.3, -0.25) is 0 Å². The fraction of sp³-hybridized carbons (Fsp3) is 0.500. The van der Waals surface area contributed by atoms with Crippen molar-refractivity contribution in [1.29, 1.82) is 0 Å². The highest BCUT2D eigenvalue weighted by molar-refractivity contribution is 5.74. The minimum atomic E-state index is -4.42. The molecule has 1 aromatic carbocycles. The maximum atomic E-state index is 12.8. The summed E-state index contributed by atoms with van der Waals surface area (Å²) in [6, 6.07) is 3.42. The molecule has 1 N–H and O–H groups in total. The lowest BCUT2D eigenvalue weighted by atomic mass is 9.86. The number of aliphatic hydroxyl groups excluding tert-OH is 1. The molecule has 1 aromatic rings. The summed E-state index contributed by atoms with van der Waals surface area (Å²) < 4.78 is 43.7. The van der Waals surface area contributed by atoms with Gasteiger partial charge >= 0.3 is 6.18 Å². The molecule has 0 atom stereocenters. The van der Waals surface area contributed by atoms with Crippen molar-refractivity contribution in [1.82, 2.24) is 0 Å². The van der Waals surface area contributed by atoms with E-state index in [0.717, 1.165) is 17.7 Å². The Hall–Kier alpha value is -1.33. The number of allylic oxidation sites excluding steroid dienone is 1. The normalized spacial score (nSPS) is 13.6. The van der Waals surface area contributed by atoms with Crippen molar-refractivity contribution >= 4 is 5.57 Å². The van der Waals surface area contributed by atoms with E-state index in [2.05, 4.69) is 0 Å². The van der Waals surface area contributed by atoms with Crippen molar-refractivity contribution in [2.75, 3.05) is 7.11 Å². The molecule has 0 heterocycles. The van der Waals surface area contributed by atoms with E-state index in [1.807, 2.05) is 26.8 Å². The molecular weight excluding hydrogens is 281 g/mol. The predicted octanol–water partition coefficient (Wildman–Crippen LogP) is 4.42. The van der Waals surface area contributed by atoms with Crippen molar-refractivity contribution in [3.63, 3.8) is 0 Å². The Bertz CT molecular complexity index is 517. The number of halogens is 3. The maximum Gasteiger partial charge on any atom is 0.416 e. The van der Waals surface area contributed by atoms with Crippen LogP contribution < -0.4 is 0 Å². The van der Waals surface area contributed by atoms with Crippen molar-refractivity contribution in [2.45, 2.75) is 45.6 Å². The van der Waals surface area contributed by atoms with Crippen molar-refractivity contribution in [3.05, 3.63) is 41.0 Å². The van der Waals surface area contributed by atoms with Gasteiger partial charge in [-0.1, -0.05) is 19.1 Å². The second-order valence-electron chi connectivity index (χ2n) is 5.27. The summed E-state index contributed by atoms with van der Waals surface area (Å²) >= 11 is 0. The molecule has 0 amide bonds. The fourth-order valence-electron chi connectivity index (χ4n) is 2.16. The van der Waals surface area contributed by atoms with Crippen molar-refractivity contribution in [2.24, 2.45) is 0 Å². The fourth-order valence-corrected chi connectivity index (χ4v) is 2.16. The molecule has 5 heteroatoms. The zero-order valence-corrected chi connectivity index (χ0v) is 12.7. The zero-order chi connectivity index (χ0) is 16.3. The average Bonchev–Trinajstić information content (AvgIpc) is 2.43. The van der Waals surface area contributed by atoms with Crippen LogP contribution in [0.2, 0.25) is 0 Å². The average molecular weight is 302 g/mol. The highest BCUT2D eigenvalue weighted by atomic mass is 19.4. The van der Waals surface area contributed by atoms with Crippen LogP contribution in [0.5, 0.6) is 0 Å². The largest absolute Gasteiger partial charge is 0.416 e. The van der Waals surface area contributed by atoms with E-state index in [1.165, 1.54) is 6.07 Å². The SMILES string of the molecule is CC/C=C(/c1ccc(C(F)(F)F)cc1CO)C(C)(C)OC. The molecule has 0 radical (unpaired) electrons. The molecule has 21 heavy (non-hydrogen) atoms. The molecule has 118 valence electrons. The van der Waals surface area contributed by atoms with Crippen LogP contribution in [0.15, 0.2) is 24.3 Å². The van der Waals surface area contributed by atoms with Gasteiger partial charge in [0.1, 0.15) is 0 Å². The minimum absolute atomic E-state index is 0.245. The molecule has 0 fully saturated rings. The maximum absolute atomic E-state index is 12.8. The summed E-state index contributed by atoms with van der Waals surface area (Å²) in [7, 11) is 1.55. The van der Waals surface area contributed by atoms with Gasteiger partial charge in [0.05, 0.1) is 17.8 Å². The molecule has 0 spiro atoms. The first-order valence-corrected chi connectivity index (χ1v) is 6.74. The van der Waals surface area contributed by atoms with Gasteiger partial charge < -0.3 is 9.84 Å². The van der Waals surface area contributed by atoms with Gasteiger partial charge in [0.15, 0.2) is 0 Å². The molecular formula is C16H21F3O2. The van der Waals surface area contributed by atoms with E-state index < -0.39 is 23.9 Å². The van der Waals surface area contributed by atoms with Crippen LogP contribution in [0.4, 0.5) is 13.2 Å². The monoisotopic (exact) mass is 302 g/mol. The highest BCUT2D eigenvalue weighted by Gasteiger charge is 2.32. The smallest absolute Gasteiger partial charge is 0.392 e. The van der Waals surface area contributed by atoms with Crippen LogP contribution in [0.3, 0.4) is 0 Å². The van der Waals surface area contributed by atoms with E-state index in [4.69, 9.17) is 4.74 Å². The predicted molar refractivity (Wildman–Crippen MR) is 76.7 cm³/mol.